The van der Waals surface area contributed by atoms with Crippen molar-refractivity contribution >= 4 is 33.0 Å². The summed E-state index contributed by atoms with van der Waals surface area (Å²) in [6.07, 6.45) is 10.0. The van der Waals surface area contributed by atoms with Gasteiger partial charge in [0.15, 0.2) is 16.1 Å². The van der Waals surface area contributed by atoms with Crippen LogP contribution < -0.4 is 0 Å². The van der Waals surface area contributed by atoms with Crippen LogP contribution in [0.15, 0.2) is 22.4 Å². The van der Waals surface area contributed by atoms with E-state index in [4.69, 9.17) is 0 Å². The number of thiophene rings is 1. The zero-order chi connectivity index (χ0) is 13.9. The number of carbonyl (C=O) groups excluding carboxylic acids is 1. The minimum atomic E-state index is -3.18. The third-order valence-corrected chi connectivity index (χ3v) is 6.38. The highest BCUT2D eigenvalue weighted by Gasteiger charge is 2.15. The van der Waals surface area contributed by atoms with Gasteiger partial charge in [0, 0.05) is 16.7 Å². The zero-order valence-corrected chi connectivity index (χ0v) is 12.6. The second kappa shape index (κ2) is 6.01. The molecule has 0 unspecified atom stereocenters. The molecule has 0 aliphatic heterocycles. The number of sulfone groups is 1. The molecule has 0 saturated heterocycles. The van der Waals surface area contributed by atoms with Crippen LogP contribution in [0, 0.1) is 5.92 Å². The Kier molecular flexibility index (Phi) is 4.58. The maximum absolute atomic E-state index is 11.4. The monoisotopic (exact) mass is 298 g/mol. The summed E-state index contributed by atoms with van der Waals surface area (Å²) in [6, 6.07) is 3.30. The van der Waals surface area contributed by atoms with Gasteiger partial charge in [-0.05, 0) is 30.9 Å². The number of allylic oxidation sites excluding steroid dienone is 2. The van der Waals surface area contributed by atoms with Crippen LogP contribution in [0.2, 0.25) is 0 Å². The van der Waals surface area contributed by atoms with Gasteiger partial charge in [-0.15, -0.1) is 11.3 Å². The molecular weight excluding hydrogens is 280 g/mol. The molecule has 104 valence electrons. The highest BCUT2D eigenvalue weighted by atomic mass is 32.2. The van der Waals surface area contributed by atoms with E-state index in [0.29, 0.717) is 15.7 Å². The predicted octanol–water partition coefficient (Wildman–Crippen LogP) is 3.31. The molecule has 2 rings (SSSR count). The van der Waals surface area contributed by atoms with Crippen LogP contribution in [0.5, 0.6) is 0 Å². The lowest BCUT2D eigenvalue weighted by Gasteiger charge is -2.18. The van der Waals surface area contributed by atoms with E-state index in [9.17, 15) is 13.2 Å². The molecule has 0 N–H and O–H groups in total. The second-order valence-corrected chi connectivity index (χ2v) is 8.36. The lowest BCUT2D eigenvalue weighted by molar-refractivity contribution is -0.103. The molecule has 5 heteroatoms. The van der Waals surface area contributed by atoms with Gasteiger partial charge in [-0.3, -0.25) is 4.79 Å². The van der Waals surface area contributed by atoms with Crippen molar-refractivity contribution in [2.24, 2.45) is 5.92 Å². The van der Waals surface area contributed by atoms with Gasteiger partial charge in [-0.25, -0.2) is 8.42 Å². The summed E-state index contributed by atoms with van der Waals surface area (Å²) < 4.78 is 23.2. The van der Waals surface area contributed by atoms with Crippen LogP contribution in [0.3, 0.4) is 0 Å². The van der Waals surface area contributed by atoms with Gasteiger partial charge in [-0.1, -0.05) is 25.3 Å². The second-order valence-electron chi connectivity index (χ2n) is 5.03. The molecule has 0 aromatic carbocycles. The van der Waals surface area contributed by atoms with Crippen molar-refractivity contribution in [2.75, 3.05) is 6.26 Å². The molecule has 19 heavy (non-hydrogen) atoms. The van der Waals surface area contributed by atoms with Crippen molar-refractivity contribution in [3.63, 3.8) is 0 Å². The van der Waals surface area contributed by atoms with E-state index in [-0.39, 0.29) is 0 Å². The van der Waals surface area contributed by atoms with Crippen molar-refractivity contribution in [1.29, 1.82) is 0 Å². The highest BCUT2D eigenvalue weighted by molar-refractivity contribution is 7.92. The number of hydrogen-bond donors (Lipinski definition) is 0. The average Bonchev–Trinajstić information content (AvgIpc) is 2.86. The number of rotatable bonds is 4. The first-order valence-corrected chi connectivity index (χ1v) is 9.19. The Morgan fingerprint density at radius 2 is 1.95 bits per heavy atom. The SMILES string of the molecule is CS(=O)(=O)c1ccc(/C(C=O)=C/C2CCCCC2)s1. The summed E-state index contributed by atoms with van der Waals surface area (Å²) in [5, 5.41) is 0. The molecule has 0 radical (unpaired) electrons. The van der Waals surface area contributed by atoms with E-state index < -0.39 is 9.84 Å². The van der Waals surface area contributed by atoms with Crippen LogP contribution in [0.25, 0.3) is 5.57 Å². The third kappa shape index (κ3) is 3.76. The predicted molar refractivity (Wildman–Crippen MR) is 78.0 cm³/mol. The summed E-state index contributed by atoms with van der Waals surface area (Å²) in [5.74, 6) is 0.456. The van der Waals surface area contributed by atoms with E-state index in [2.05, 4.69) is 0 Å². The largest absolute Gasteiger partial charge is 0.298 e. The average molecular weight is 298 g/mol. The van der Waals surface area contributed by atoms with E-state index in [1.54, 1.807) is 12.1 Å². The minimum Gasteiger partial charge on any atom is -0.298 e. The lowest BCUT2D eigenvalue weighted by Crippen LogP contribution is -2.03. The summed E-state index contributed by atoms with van der Waals surface area (Å²) >= 11 is 1.17. The normalized spacial score (nSPS) is 18.5. The Morgan fingerprint density at radius 1 is 1.26 bits per heavy atom. The van der Waals surface area contributed by atoms with Gasteiger partial charge < -0.3 is 0 Å². The number of carbonyl (C=O) groups is 1. The number of hydrogen-bond acceptors (Lipinski definition) is 4. The topological polar surface area (TPSA) is 51.2 Å². The lowest BCUT2D eigenvalue weighted by atomic mass is 9.88. The molecule has 0 atom stereocenters. The standard InChI is InChI=1S/C14H18O3S2/c1-19(16,17)14-8-7-13(18-14)12(10-15)9-11-5-3-2-4-6-11/h7-11H,2-6H2,1H3/b12-9+. The van der Waals surface area contributed by atoms with Crippen LogP contribution >= 0.6 is 11.3 Å². The molecule has 1 aliphatic rings. The van der Waals surface area contributed by atoms with Crippen LogP contribution in [0.4, 0.5) is 0 Å². The molecule has 1 fully saturated rings. The zero-order valence-electron chi connectivity index (χ0n) is 11.0. The summed E-state index contributed by atoms with van der Waals surface area (Å²) in [5.41, 5.74) is 0.631. The molecule has 3 nitrogen and oxygen atoms in total. The van der Waals surface area contributed by atoms with Crippen LogP contribution in [-0.2, 0) is 14.6 Å². The maximum Gasteiger partial charge on any atom is 0.184 e. The Balaban J connectivity index is 2.24. The van der Waals surface area contributed by atoms with E-state index >= 15 is 0 Å². The van der Waals surface area contributed by atoms with E-state index in [1.165, 1.54) is 36.9 Å². The van der Waals surface area contributed by atoms with Gasteiger partial charge in [-0.2, -0.15) is 0 Å². The third-order valence-electron chi connectivity index (χ3n) is 3.42. The van der Waals surface area contributed by atoms with Gasteiger partial charge in [0.25, 0.3) is 0 Å². The molecule has 0 amide bonds. The Hall–Kier alpha value is -0.940. The fourth-order valence-corrected chi connectivity index (χ4v) is 4.32. The van der Waals surface area contributed by atoms with Crippen molar-refractivity contribution in [2.45, 2.75) is 36.3 Å². The first-order valence-electron chi connectivity index (χ1n) is 6.48. The van der Waals surface area contributed by atoms with Gasteiger partial charge >= 0.3 is 0 Å². The Labute approximate surface area is 118 Å². The van der Waals surface area contributed by atoms with E-state index in [0.717, 1.165) is 24.0 Å². The fourth-order valence-electron chi connectivity index (χ4n) is 2.41. The molecule has 0 spiro atoms. The van der Waals surface area contributed by atoms with Crippen molar-refractivity contribution in [3.8, 4) is 0 Å². The number of aldehydes is 1. The quantitative estimate of drug-likeness (QED) is 0.633. The molecule has 1 aromatic heterocycles. The van der Waals surface area contributed by atoms with Crippen molar-refractivity contribution in [1.82, 2.24) is 0 Å². The molecule has 1 saturated carbocycles. The summed E-state index contributed by atoms with van der Waals surface area (Å²) in [4.78, 5) is 12.0. The van der Waals surface area contributed by atoms with Gasteiger partial charge in [0.2, 0.25) is 0 Å². The van der Waals surface area contributed by atoms with Crippen molar-refractivity contribution < 1.29 is 13.2 Å². The van der Waals surface area contributed by atoms with Crippen LogP contribution in [-0.4, -0.2) is 21.0 Å². The molecule has 1 aliphatic carbocycles. The molecule has 1 heterocycles. The fraction of sp³-hybridized carbons (Fsp3) is 0.500. The summed E-state index contributed by atoms with van der Waals surface area (Å²) in [6.45, 7) is 0. The summed E-state index contributed by atoms with van der Waals surface area (Å²) in [7, 11) is -3.18. The Morgan fingerprint density at radius 3 is 2.47 bits per heavy atom. The minimum absolute atomic E-state index is 0.318. The highest BCUT2D eigenvalue weighted by Crippen LogP contribution is 2.31. The van der Waals surface area contributed by atoms with Crippen LogP contribution in [0.1, 0.15) is 37.0 Å². The van der Waals surface area contributed by atoms with Gasteiger partial charge in [0.05, 0.1) is 0 Å². The molecule has 1 aromatic rings. The van der Waals surface area contributed by atoms with Gasteiger partial charge in [0.1, 0.15) is 4.21 Å². The van der Waals surface area contributed by atoms with Crippen molar-refractivity contribution in [3.05, 3.63) is 23.1 Å². The van der Waals surface area contributed by atoms with E-state index in [1.807, 2.05) is 6.08 Å². The molecular formula is C14H18O3S2. The maximum atomic E-state index is 11.4. The first kappa shape index (κ1) is 14.5. The first-order chi connectivity index (χ1) is 9.00. The molecule has 0 bridgehead atoms. The Bertz CT molecular complexity index is 576. The smallest absolute Gasteiger partial charge is 0.184 e.